The molecule has 0 saturated carbocycles. The zero-order valence-electron chi connectivity index (χ0n) is 23.1. The third-order valence-electron chi connectivity index (χ3n) is 6.04. The minimum Gasteiger partial charge on any atom is -0.747 e. The van der Waals surface area contributed by atoms with Crippen LogP contribution in [0.5, 0.6) is 0 Å². The second kappa shape index (κ2) is 26.2. The molecular formula is C27H49NaO7S. The topological polar surface area (TPSA) is 110 Å². The second-order valence-electron chi connectivity index (χ2n) is 9.32. The first-order valence-corrected chi connectivity index (χ1v) is 15.2. The summed E-state index contributed by atoms with van der Waals surface area (Å²) in [6.07, 6.45) is 24.2. The van der Waals surface area contributed by atoms with Crippen LogP contribution in [-0.4, -0.2) is 36.8 Å². The molecule has 0 radical (unpaired) electrons. The van der Waals surface area contributed by atoms with Gasteiger partial charge in [0.2, 0.25) is 0 Å². The Morgan fingerprint density at radius 1 is 0.750 bits per heavy atom. The molecular weight excluding hydrogens is 491 g/mol. The number of hydrogen-bond acceptors (Lipinski definition) is 7. The molecule has 0 aliphatic rings. The van der Waals surface area contributed by atoms with Gasteiger partial charge in [0.1, 0.15) is 10.1 Å². The predicted octanol–water partition coefficient (Wildman–Crippen LogP) is 3.96. The van der Waals surface area contributed by atoms with Gasteiger partial charge in [-0.1, -0.05) is 122 Å². The Morgan fingerprint density at radius 2 is 1.14 bits per heavy atom. The van der Waals surface area contributed by atoms with Gasteiger partial charge in [-0.3, -0.25) is 9.59 Å². The summed E-state index contributed by atoms with van der Waals surface area (Å²) in [4.78, 5) is 23.5. The van der Waals surface area contributed by atoms with Gasteiger partial charge in [0.25, 0.3) is 0 Å². The summed E-state index contributed by atoms with van der Waals surface area (Å²) in [6.45, 7) is 3.96. The van der Waals surface area contributed by atoms with Crippen LogP contribution in [0.1, 0.15) is 136 Å². The van der Waals surface area contributed by atoms with Crippen molar-refractivity contribution in [2.24, 2.45) is 0 Å². The van der Waals surface area contributed by atoms with E-state index in [9.17, 15) is 22.6 Å². The maximum atomic E-state index is 11.8. The number of carbonyl (C=O) groups excluding carboxylic acids is 2. The maximum absolute atomic E-state index is 11.8. The van der Waals surface area contributed by atoms with E-state index in [1.807, 2.05) is 0 Å². The van der Waals surface area contributed by atoms with Crippen molar-refractivity contribution in [1.82, 2.24) is 0 Å². The van der Waals surface area contributed by atoms with Gasteiger partial charge in [0.05, 0.1) is 19.3 Å². The van der Waals surface area contributed by atoms with Crippen molar-refractivity contribution in [2.45, 2.75) is 141 Å². The molecule has 1 atom stereocenters. The molecule has 0 aliphatic heterocycles. The van der Waals surface area contributed by atoms with E-state index in [-0.39, 0.29) is 36.2 Å². The number of rotatable bonds is 24. The molecule has 7 nitrogen and oxygen atoms in total. The van der Waals surface area contributed by atoms with Gasteiger partial charge in [-0.15, -0.1) is 0 Å². The molecule has 0 heterocycles. The molecule has 0 aromatic heterocycles. The molecule has 1 unspecified atom stereocenters. The summed E-state index contributed by atoms with van der Waals surface area (Å²) in [7, 11) is -5.01. The number of allylic oxidation sites excluding steroid dienone is 1. The summed E-state index contributed by atoms with van der Waals surface area (Å²) in [5, 5.41) is -2.09. The molecule has 206 valence electrons. The van der Waals surface area contributed by atoms with Crippen molar-refractivity contribution in [3.8, 4) is 0 Å². The number of unbranched alkanes of at least 4 members (excludes halogenated alkanes) is 17. The van der Waals surface area contributed by atoms with Gasteiger partial charge in [-0.25, -0.2) is 8.42 Å². The van der Waals surface area contributed by atoms with Crippen molar-refractivity contribution in [3.05, 3.63) is 12.3 Å². The maximum Gasteiger partial charge on any atom is 1.00 e. The number of hydrogen-bond donors (Lipinski definition) is 0. The van der Waals surface area contributed by atoms with E-state index in [1.165, 1.54) is 96.0 Å². The van der Waals surface area contributed by atoms with Gasteiger partial charge < -0.3 is 14.0 Å². The molecule has 0 spiro atoms. The Balaban J connectivity index is 0. The first-order chi connectivity index (χ1) is 16.8. The molecule has 0 aliphatic carbocycles. The Morgan fingerprint density at radius 3 is 1.50 bits per heavy atom. The van der Waals surface area contributed by atoms with Crippen LogP contribution in [0.4, 0.5) is 0 Å². The van der Waals surface area contributed by atoms with Gasteiger partial charge in [0.15, 0.2) is 5.25 Å². The van der Waals surface area contributed by atoms with E-state index in [0.717, 1.165) is 25.5 Å². The van der Waals surface area contributed by atoms with Crippen LogP contribution in [-0.2, 0) is 29.2 Å². The average molecular weight is 541 g/mol. The Bertz CT molecular complexity index is 665. The second-order valence-corrected chi connectivity index (χ2v) is 10.9. The van der Waals surface area contributed by atoms with Crippen molar-refractivity contribution in [1.29, 1.82) is 0 Å². The SMILES string of the molecule is C/C=C/OC(=O)C(CC(=O)OCCCCCCCCCCCCCCCCCCCC)S(=O)(=O)[O-].[Na+]. The molecule has 0 N–H and O–H groups in total. The average Bonchev–Trinajstić information content (AvgIpc) is 2.81. The summed E-state index contributed by atoms with van der Waals surface area (Å²) < 4.78 is 43.2. The fraction of sp³-hybridized carbons (Fsp3) is 0.852. The molecule has 0 aromatic carbocycles. The third-order valence-corrected chi connectivity index (χ3v) is 7.10. The van der Waals surface area contributed by atoms with Crippen molar-refractivity contribution < 1.29 is 61.6 Å². The molecule has 0 aromatic rings. The minimum absolute atomic E-state index is 0. The molecule has 0 fully saturated rings. The standard InChI is InChI=1S/C27H50O7S.Na/c1-3-5-6-7-8-9-10-11-12-13-14-15-16-17-18-19-20-21-23-33-26(28)24-25(35(30,31)32)27(29)34-22-4-2;/h4,22,25H,3,5-21,23-24H2,1-2H3,(H,30,31,32);/q;+1/p-1/b22-4+;. The van der Waals surface area contributed by atoms with Gasteiger partial charge in [-0.2, -0.15) is 0 Å². The number of carbonyl (C=O) groups is 2. The van der Waals surface area contributed by atoms with Gasteiger partial charge in [0, 0.05) is 0 Å². The van der Waals surface area contributed by atoms with E-state index in [1.54, 1.807) is 6.92 Å². The summed E-state index contributed by atoms with van der Waals surface area (Å²) in [6, 6.07) is 0. The van der Waals surface area contributed by atoms with E-state index in [0.29, 0.717) is 6.42 Å². The number of ether oxygens (including phenoxy) is 2. The largest absolute Gasteiger partial charge is 1.00 e. The van der Waals surface area contributed by atoms with Crippen LogP contribution in [0.15, 0.2) is 12.3 Å². The first kappa shape index (κ1) is 37.7. The van der Waals surface area contributed by atoms with Crippen LogP contribution < -0.4 is 29.6 Å². The molecule has 0 bridgehead atoms. The Kier molecular flexibility index (Phi) is 27.5. The monoisotopic (exact) mass is 540 g/mol. The Hall–Kier alpha value is -0.410. The van der Waals surface area contributed by atoms with Gasteiger partial charge >= 0.3 is 41.5 Å². The molecule has 36 heavy (non-hydrogen) atoms. The van der Waals surface area contributed by atoms with E-state index in [4.69, 9.17) is 4.74 Å². The van der Waals surface area contributed by atoms with Gasteiger partial charge in [-0.05, 0) is 13.3 Å². The van der Waals surface area contributed by atoms with Crippen molar-refractivity contribution >= 4 is 22.1 Å². The van der Waals surface area contributed by atoms with Crippen LogP contribution in [0.2, 0.25) is 0 Å². The zero-order chi connectivity index (χ0) is 26.2. The third kappa shape index (κ3) is 24.0. The first-order valence-electron chi connectivity index (χ1n) is 13.7. The normalized spacial score (nSPS) is 12.3. The quantitative estimate of drug-likeness (QED) is 0.0599. The zero-order valence-corrected chi connectivity index (χ0v) is 26.0. The molecule has 9 heteroatoms. The number of esters is 2. The van der Waals surface area contributed by atoms with E-state index in [2.05, 4.69) is 11.7 Å². The minimum atomic E-state index is -5.01. The fourth-order valence-corrected chi connectivity index (χ4v) is 4.55. The summed E-state index contributed by atoms with van der Waals surface area (Å²) in [5.41, 5.74) is 0. The predicted molar refractivity (Wildman–Crippen MR) is 139 cm³/mol. The molecule has 0 saturated heterocycles. The van der Waals surface area contributed by atoms with E-state index >= 15 is 0 Å². The summed E-state index contributed by atoms with van der Waals surface area (Å²) >= 11 is 0. The summed E-state index contributed by atoms with van der Waals surface area (Å²) in [5.74, 6) is -2.16. The molecule has 0 rings (SSSR count). The van der Waals surface area contributed by atoms with E-state index < -0.39 is 33.7 Å². The fourth-order valence-electron chi connectivity index (χ4n) is 3.91. The van der Waals surface area contributed by atoms with Crippen LogP contribution in [0, 0.1) is 0 Å². The smallest absolute Gasteiger partial charge is 0.747 e. The Labute approximate surface area is 242 Å². The van der Waals surface area contributed by atoms with Crippen LogP contribution >= 0.6 is 0 Å². The van der Waals surface area contributed by atoms with Crippen molar-refractivity contribution in [2.75, 3.05) is 6.61 Å². The van der Waals surface area contributed by atoms with Crippen molar-refractivity contribution in [3.63, 3.8) is 0 Å². The molecule has 0 amide bonds. The van der Waals surface area contributed by atoms with Crippen LogP contribution in [0.3, 0.4) is 0 Å². The van der Waals surface area contributed by atoms with Crippen LogP contribution in [0.25, 0.3) is 0 Å².